The Kier molecular flexibility index (Phi) is 14.4. The normalized spacial score (nSPS) is 13.6. The first-order valence-corrected chi connectivity index (χ1v) is 42.4. The number of fused-ring (bicyclic) bond motifs is 9. The van der Waals surface area contributed by atoms with Gasteiger partial charge in [-0.15, -0.1) is 0 Å². The molecule has 9 heteroatoms. The van der Waals surface area contributed by atoms with Crippen LogP contribution in [0.5, 0.6) is 0 Å². The minimum absolute atomic E-state index is 0.148. The van der Waals surface area contributed by atoms with Gasteiger partial charge < -0.3 is 0 Å². The van der Waals surface area contributed by atoms with Crippen molar-refractivity contribution in [3.63, 3.8) is 0 Å². The van der Waals surface area contributed by atoms with Crippen LogP contribution in [0, 0.1) is 20.8 Å². The van der Waals surface area contributed by atoms with E-state index in [-0.39, 0.29) is 65.8 Å². The number of aromatic nitrogens is 3. The van der Waals surface area contributed by atoms with E-state index in [4.69, 9.17) is 0 Å². The molecule has 0 atom stereocenters. The molecule has 0 fully saturated rings. The fourth-order valence-corrected chi connectivity index (χ4v) is 22.2. The summed E-state index contributed by atoms with van der Waals surface area (Å²) < 4.78 is 4.19. The third-order valence-corrected chi connectivity index (χ3v) is 27.5. The molecule has 0 N–H and O–H groups in total. The molecule has 0 bridgehead atoms. The molecule has 3 aromatic heterocycles. The third-order valence-electron chi connectivity index (χ3n) is 27.5. The van der Waals surface area contributed by atoms with Crippen LogP contribution < -0.4 is 33.4 Å². The topological polar surface area (TPSA) is 117 Å². The summed E-state index contributed by atoms with van der Waals surface area (Å²) in [5.74, 6) is 0. The van der Waals surface area contributed by atoms with Crippen molar-refractivity contribution >= 4 is 194 Å². The van der Waals surface area contributed by atoms with Gasteiger partial charge in [0, 0.05) is 0 Å². The van der Waals surface area contributed by atoms with Crippen molar-refractivity contribution in [2.75, 3.05) is 0 Å². The first-order valence-electron chi connectivity index (χ1n) is 42.4. The Hall–Kier alpha value is -12.7. The first kappa shape index (κ1) is 73.6. The molecule has 21 aromatic carbocycles. The van der Waals surface area contributed by atoms with Crippen LogP contribution in [0.4, 0.5) is 0 Å². The van der Waals surface area contributed by atoms with Gasteiger partial charge in [0.1, 0.15) is 0 Å². The van der Waals surface area contributed by atoms with Crippen LogP contribution in [0.2, 0.25) is 0 Å². The third kappa shape index (κ3) is 9.44. The molecule has 0 aliphatic carbocycles. The van der Waals surface area contributed by atoms with Crippen LogP contribution >= 0.6 is 0 Å². The quantitative estimate of drug-likeness (QED) is 0.163. The lowest BCUT2D eigenvalue weighted by atomic mass is 9.80. The Morgan fingerprint density at radius 2 is 0.433 bits per heavy atom. The molecule has 3 heterocycles. The molecule has 120 heavy (non-hydrogen) atoms. The average molecular weight is 1560 g/mol. The van der Waals surface area contributed by atoms with Crippen LogP contribution in [0.15, 0.2) is 211 Å². The zero-order chi connectivity index (χ0) is 84.1. The van der Waals surface area contributed by atoms with Crippen molar-refractivity contribution in [1.29, 1.82) is 0 Å². The molecule has 0 radical (unpaired) electrons. The summed E-state index contributed by atoms with van der Waals surface area (Å²) in [6.07, 6.45) is 0. The highest BCUT2D eigenvalue weighted by molar-refractivity contribution is 6.52. The minimum atomic E-state index is -0.231. The van der Waals surface area contributed by atoms with E-state index in [9.17, 15) is 28.8 Å². The standard InChI is InChI=1S/3C37H31NO2/c1-18-8-12-20(13-9-18)38-34(39)32-23-16-25(36(2,3)4)21-14-10-19-11-15-22-26(37(5,6)7)17-24(33(32)35(38)40)31-29(22)27(19)28(21)30(23)31;1-18-9-8-10-20(15-18)38-34(39)32-23-16-25(36(2,3)4)21-13-11-19-12-14-22-26(37(5,6)7)17-24(33(32)35(38)40)31-29(22)27(19)28(21)30(23)31;1-18-10-8-9-11-26(18)38-34(39)32-22-16-24(36(2,3)4)20-14-12-19-13-15-21-25(37(5,6)7)17-23(33(32)35(38)40)31-29(21)27(19)28(20)30(22)31/h3*8-17H,1-7H3. The molecular weight excluding hydrogens is 1470 g/mol. The molecule has 0 spiro atoms. The zero-order valence-corrected chi connectivity index (χ0v) is 72.1. The number of aryl methyl sites for hydroxylation is 3. The van der Waals surface area contributed by atoms with Crippen molar-refractivity contribution in [2.24, 2.45) is 0 Å². The molecule has 24 aromatic rings. The summed E-state index contributed by atoms with van der Waals surface area (Å²) in [7, 11) is 0. The highest BCUT2D eigenvalue weighted by Gasteiger charge is 2.38. The van der Waals surface area contributed by atoms with Crippen molar-refractivity contribution in [3.8, 4) is 17.1 Å². The molecule has 0 aliphatic rings. The van der Waals surface area contributed by atoms with Gasteiger partial charge in [-0.1, -0.05) is 245 Å². The minimum Gasteiger partial charge on any atom is -0.268 e. The van der Waals surface area contributed by atoms with Crippen LogP contribution in [0.1, 0.15) is 175 Å². The van der Waals surface area contributed by atoms with Crippen molar-refractivity contribution in [3.05, 3.63) is 294 Å². The number of para-hydroxylation sites is 1. The Morgan fingerprint density at radius 3 is 0.683 bits per heavy atom. The molecule has 0 unspecified atom stereocenters. The Morgan fingerprint density at radius 1 is 0.192 bits per heavy atom. The van der Waals surface area contributed by atoms with E-state index in [1.807, 2.05) is 93.6 Å². The lowest BCUT2D eigenvalue weighted by Crippen LogP contribution is -2.24. The predicted octanol–water partition coefficient (Wildman–Crippen LogP) is 26.3. The van der Waals surface area contributed by atoms with E-state index in [1.165, 1.54) is 144 Å². The summed E-state index contributed by atoms with van der Waals surface area (Å²) in [6, 6.07) is 63.2. The fourth-order valence-electron chi connectivity index (χ4n) is 22.2. The summed E-state index contributed by atoms with van der Waals surface area (Å²) in [5, 5.41) is 37.7. The first-order chi connectivity index (χ1) is 56.6. The van der Waals surface area contributed by atoms with Crippen LogP contribution in [-0.4, -0.2) is 13.7 Å². The molecule has 0 saturated carbocycles. The molecule has 0 aliphatic heterocycles. The molecule has 24 rings (SSSR count). The maximum Gasteiger partial charge on any atom is 0.266 e. The second kappa shape index (κ2) is 23.4. The largest absolute Gasteiger partial charge is 0.268 e. The van der Waals surface area contributed by atoms with E-state index in [0.29, 0.717) is 49.4 Å². The van der Waals surface area contributed by atoms with Gasteiger partial charge in [-0.25, -0.2) is 13.7 Å². The van der Waals surface area contributed by atoms with Gasteiger partial charge in [-0.2, -0.15) is 0 Å². The molecule has 0 saturated heterocycles. The Labute approximate surface area is 692 Å². The number of rotatable bonds is 3. The SMILES string of the molecule is Cc1ccc(-n2c(=O)c3c4cc(C(C)(C)C)c5ccc6ccc7c(C(C)(C)C)cc(c3c2=O)c2c7c6c5c42)cc1.Cc1cccc(-n2c(=O)c3c4cc(C(C)(C)C)c5ccc6ccc7c(C(C)(C)C)cc(c3c2=O)c2c7c6c5c42)c1.Cc1ccccc1-n1c(=O)c2c3cc(C(C)(C)C)c4ccc5ccc6c(C(C)(C)C)cc(c2c1=O)c1c6c5c4c31. The molecule has 9 nitrogen and oxygen atoms in total. The average Bonchev–Trinajstić information content (AvgIpc) is 1.51. The Bertz CT molecular complexity index is 8490. The van der Waals surface area contributed by atoms with Gasteiger partial charge in [0.25, 0.3) is 33.4 Å². The van der Waals surface area contributed by atoms with Crippen molar-refractivity contribution in [1.82, 2.24) is 13.7 Å². The highest BCUT2D eigenvalue weighted by Crippen LogP contribution is 2.58. The van der Waals surface area contributed by atoms with Crippen molar-refractivity contribution < 1.29 is 0 Å². The van der Waals surface area contributed by atoms with Gasteiger partial charge in [0.05, 0.1) is 49.4 Å². The van der Waals surface area contributed by atoms with Crippen LogP contribution in [0.25, 0.3) is 211 Å². The van der Waals surface area contributed by atoms with Gasteiger partial charge >= 0.3 is 0 Å². The molecular formula is C111H93N3O6. The van der Waals surface area contributed by atoms with Gasteiger partial charge in [0.2, 0.25) is 0 Å². The summed E-state index contributed by atoms with van der Waals surface area (Å²) in [4.78, 5) is 86.5. The second-order valence-electron chi connectivity index (χ2n) is 41.4. The van der Waals surface area contributed by atoms with Crippen LogP contribution in [0.3, 0.4) is 0 Å². The Balaban J connectivity index is 0.000000108. The smallest absolute Gasteiger partial charge is 0.266 e. The van der Waals surface area contributed by atoms with E-state index in [2.05, 4.69) is 234 Å². The van der Waals surface area contributed by atoms with Gasteiger partial charge in [-0.3, -0.25) is 28.8 Å². The maximum absolute atomic E-state index is 14.4. The lowest BCUT2D eigenvalue weighted by molar-refractivity contribution is 0.596. The van der Waals surface area contributed by atoms with Gasteiger partial charge in [-0.05, 0) is 326 Å². The monoisotopic (exact) mass is 1560 g/mol. The van der Waals surface area contributed by atoms with E-state index >= 15 is 0 Å². The molecule has 588 valence electrons. The second-order valence-corrected chi connectivity index (χ2v) is 41.4. The predicted molar refractivity (Wildman–Crippen MR) is 511 cm³/mol. The highest BCUT2D eigenvalue weighted by atomic mass is 16.2. The summed E-state index contributed by atoms with van der Waals surface area (Å²) >= 11 is 0. The van der Waals surface area contributed by atoms with Crippen LogP contribution in [-0.2, 0) is 32.5 Å². The lowest BCUT2D eigenvalue weighted by Gasteiger charge is -2.23. The maximum atomic E-state index is 14.4. The summed E-state index contributed by atoms with van der Waals surface area (Å²) in [6.45, 7) is 46.1. The summed E-state index contributed by atoms with van der Waals surface area (Å²) in [5.41, 5.74) is 9.86. The zero-order valence-electron chi connectivity index (χ0n) is 72.1. The van der Waals surface area contributed by atoms with Crippen molar-refractivity contribution in [2.45, 2.75) is 178 Å². The molecule has 0 amide bonds. The number of nitrogens with zero attached hydrogens (tertiary/aromatic N) is 3. The van der Waals surface area contributed by atoms with E-state index < -0.39 is 0 Å². The number of hydrogen-bond acceptors (Lipinski definition) is 6. The van der Waals surface area contributed by atoms with Gasteiger partial charge in [0.15, 0.2) is 0 Å². The van der Waals surface area contributed by atoms with E-state index in [0.717, 1.165) is 81.3 Å². The number of benzene rings is 18. The van der Waals surface area contributed by atoms with E-state index in [1.54, 1.807) is 0 Å². The number of hydrogen-bond donors (Lipinski definition) is 0. The fraction of sp³-hybridized carbons (Fsp3) is 0.243.